The van der Waals surface area contributed by atoms with Crippen molar-refractivity contribution in [2.45, 2.75) is 18.9 Å². The van der Waals surface area contributed by atoms with Gasteiger partial charge in [-0.1, -0.05) is 23.2 Å². The highest BCUT2D eigenvalue weighted by Gasteiger charge is 2.16. The molecule has 0 radical (unpaired) electrons. The van der Waals surface area contributed by atoms with Crippen LogP contribution in [0.5, 0.6) is 0 Å². The molecule has 1 aliphatic heterocycles. The number of carbonyl (C=O) groups is 1. The number of benzene rings is 1. The van der Waals surface area contributed by atoms with E-state index in [-0.39, 0.29) is 28.5 Å². The Hall–Kier alpha value is -1.04. The average Bonchev–Trinajstić information content (AvgIpc) is 2.43. The van der Waals surface area contributed by atoms with Crippen molar-refractivity contribution < 1.29 is 13.9 Å². The number of carbonyl (C=O) groups excluding carboxylic acids is 1. The topological polar surface area (TPSA) is 50.4 Å². The van der Waals surface area contributed by atoms with Gasteiger partial charge in [0.15, 0.2) is 5.82 Å². The molecule has 1 aromatic carbocycles. The van der Waals surface area contributed by atoms with E-state index in [4.69, 9.17) is 27.9 Å². The Balaban J connectivity index is 1.83. The Labute approximate surface area is 126 Å². The minimum absolute atomic E-state index is 0.0789. The third kappa shape index (κ3) is 4.23. The van der Waals surface area contributed by atoms with Gasteiger partial charge in [0.1, 0.15) is 0 Å². The summed E-state index contributed by atoms with van der Waals surface area (Å²) in [4.78, 5) is 11.8. The summed E-state index contributed by atoms with van der Waals surface area (Å²) in [5.74, 6) is -0.793. The van der Waals surface area contributed by atoms with Gasteiger partial charge in [0, 0.05) is 24.9 Å². The molecule has 2 rings (SSSR count). The van der Waals surface area contributed by atoms with Crippen LogP contribution in [-0.2, 0) is 9.53 Å². The van der Waals surface area contributed by atoms with Crippen LogP contribution in [0.2, 0.25) is 10.0 Å². The van der Waals surface area contributed by atoms with E-state index >= 15 is 0 Å². The van der Waals surface area contributed by atoms with Gasteiger partial charge in [-0.25, -0.2) is 4.39 Å². The molecule has 1 fully saturated rings. The molecule has 110 valence electrons. The molecule has 0 atom stereocenters. The fraction of sp³-hybridized carbons (Fsp3) is 0.462. The molecule has 7 heteroatoms. The molecule has 0 aromatic heterocycles. The number of amides is 1. The van der Waals surface area contributed by atoms with Crippen LogP contribution in [0.25, 0.3) is 0 Å². The molecule has 20 heavy (non-hydrogen) atoms. The molecular formula is C13H15Cl2FN2O2. The van der Waals surface area contributed by atoms with Crippen molar-refractivity contribution in [3.63, 3.8) is 0 Å². The summed E-state index contributed by atoms with van der Waals surface area (Å²) in [5.41, 5.74) is 0.503. The molecule has 1 heterocycles. The van der Waals surface area contributed by atoms with Crippen molar-refractivity contribution in [3.8, 4) is 0 Å². The summed E-state index contributed by atoms with van der Waals surface area (Å²) in [6, 6.07) is 2.94. The second-order valence-electron chi connectivity index (χ2n) is 4.56. The quantitative estimate of drug-likeness (QED) is 0.839. The van der Waals surface area contributed by atoms with Crippen molar-refractivity contribution in [1.29, 1.82) is 0 Å². The van der Waals surface area contributed by atoms with Crippen LogP contribution in [0.15, 0.2) is 12.1 Å². The number of halogens is 3. The number of hydrogen-bond acceptors (Lipinski definition) is 3. The molecule has 1 amide bonds. The first-order chi connectivity index (χ1) is 9.56. The normalized spacial score (nSPS) is 15.9. The maximum absolute atomic E-state index is 13.2. The number of hydrogen-bond donors (Lipinski definition) is 2. The molecule has 1 aliphatic rings. The van der Waals surface area contributed by atoms with Gasteiger partial charge >= 0.3 is 0 Å². The van der Waals surface area contributed by atoms with E-state index in [0.29, 0.717) is 18.9 Å². The van der Waals surface area contributed by atoms with Gasteiger partial charge in [-0.3, -0.25) is 4.79 Å². The number of ether oxygens (including phenoxy) is 1. The average molecular weight is 321 g/mol. The van der Waals surface area contributed by atoms with Crippen LogP contribution in [0.1, 0.15) is 12.8 Å². The maximum Gasteiger partial charge on any atom is 0.239 e. The number of anilines is 1. The van der Waals surface area contributed by atoms with Crippen LogP contribution >= 0.6 is 23.2 Å². The molecule has 0 saturated carbocycles. The highest BCUT2D eigenvalue weighted by Crippen LogP contribution is 2.27. The molecule has 0 unspecified atom stereocenters. The SMILES string of the molecule is O=C(CNc1cc(Cl)c(F)c(Cl)c1)NC1CCOCC1. The van der Waals surface area contributed by atoms with Crippen molar-refractivity contribution in [3.05, 3.63) is 28.0 Å². The molecule has 4 nitrogen and oxygen atoms in total. The molecule has 0 aliphatic carbocycles. The zero-order valence-corrected chi connectivity index (χ0v) is 12.2. The molecule has 1 saturated heterocycles. The minimum Gasteiger partial charge on any atom is -0.381 e. The standard InChI is InChI=1S/C13H15Cl2FN2O2/c14-10-5-9(6-11(15)13(10)16)17-7-12(19)18-8-1-3-20-4-2-8/h5-6,8,17H,1-4,7H2,(H,18,19). The summed E-state index contributed by atoms with van der Waals surface area (Å²) >= 11 is 11.4. The lowest BCUT2D eigenvalue weighted by Gasteiger charge is -2.23. The molecular weight excluding hydrogens is 306 g/mol. The van der Waals surface area contributed by atoms with Gasteiger partial charge in [0.05, 0.1) is 16.6 Å². The lowest BCUT2D eigenvalue weighted by Crippen LogP contribution is -2.41. The third-order valence-corrected chi connectivity index (χ3v) is 3.57. The summed E-state index contributed by atoms with van der Waals surface area (Å²) in [7, 11) is 0. The highest BCUT2D eigenvalue weighted by atomic mass is 35.5. The van der Waals surface area contributed by atoms with Crippen molar-refractivity contribution in [2.24, 2.45) is 0 Å². The maximum atomic E-state index is 13.2. The van der Waals surface area contributed by atoms with E-state index in [9.17, 15) is 9.18 Å². The summed E-state index contributed by atoms with van der Waals surface area (Å²) < 4.78 is 18.5. The van der Waals surface area contributed by atoms with E-state index in [0.717, 1.165) is 12.8 Å². The summed E-state index contributed by atoms with van der Waals surface area (Å²) in [6.45, 7) is 1.42. The van der Waals surface area contributed by atoms with Crippen LogP contribution in [-0.4, -0.2) is 31.7 Å². The fourth-order valence-electron chi connectivity index (χ4n) is 1.96. The van der Waals surface area contributed by atoms with Gasteiger partial charge in [-0.05, 0) is 25.0 Å². The van der Waals surface area contributed by atoms with E-state index in [1.54, 1.807) is 0 Å². The van der Waals surface area contributed by atoms with Crippen molar-refractivity contribution in [2.75, 3.05) is 25.1 Å². The van der Waals surface area contributed by atoms with E-state index < -0.39 is 5.82 Å². The van der Waals surface area contributed by atoms with Crippen molar-refractivity contribution in [1.82, 2.24) is 5.32 Å². The van der Waals surface area contributed by atoms with E-state index in [1.807, 2.05) is 0 Å². The Morgan fingerprint density at radius 3 is 2.50 bits per heavy atom. The highest BCUT2D eigenvalue weighted by molar-refractivity contribution is 6.35. The molecule has 1 aromatic rings. The lowest BCUT2D eigenvalue weighted by atomic mass is 10.1. The van der Waals surface area contributed by atoms with Gasteiger partial charge < -0.3 is 15.4 Å². The summed E-state index contributed by atoms with van der Waals surface area (Å²) in [5, 5.41) is 5.61. The zero-order valence-electron chi connectivity index (χ0n) is 10.7. The van der Waals surface area contributed by atoms with Crippen LogP contribution in [0.3, 0.4) is 0 Å². The first kappa shape index (κ1) is 15.4. The Morgan fingerprint density at radius 1 is 1.30 bits per heavy atom. The largest absolute Gasteiger partial charge is 0.381 e. The van der Waals surface area contributed by atoms with E-state index in [2.05, 4.69) is 10.6 Å². The first-order valence-electron chi connectivity index (χ1n) is 6.32. The van der Waals surface area contributed by atoms with Crippen LogP contribution < -0.4 is 10.6 Å². The minimum atomic E-state index is -0.662. The Bertz CT molecular complexity index is 470. The fourth-order valence-corrected chi connectivity index (χ4v) is 2.45. The van der Waals surface area contributed by atoms with Crippen LogP contribution in [0.4, 0.5) is 10.1 Å². The molecule has 2 N–H and O–H groups in total. The smallest absolute Gasteiger partial charge is 0.239 e. The third-order valence-electron chi connectivity index (χ3n) is 3.02. The van der Waals surface area contributed by atoms with Gasteiger partial charge in [0.25, 0.3) is 0 Å². The predicted octanol–water partition coefficient (Wildman–Crippen LogP) is 2.84. The number of nitrogens with one attached hydrogen (secondary N) is 2. The molecule has 0 bridgehead atoms. The predicted molar refractivity (Wildman–Crippen MR) is 76.9 cm³/mol. The second kappa shape index (κ2) is 7.11. The van der Waals surface area contributed by atoms with Gasteiger partial charge in [0.2, 0.25) is 5.91 Å². The van der Waals surface area contributed by atoms with Crippen molar-refractivity contribution >= 4 is 34.8 Å². The second-order valence-corrected chi connectivity index (χ2v) is 5.38. The number of rotatable bonds is 4. The Kier molecular flexibility index (Phi) is 5.46. The van der Waals surface area contributed by atoms with Gasteiger partial charge in [-0.15, -0.1) is 0 Å². The summed E-state index contributed by atoms with van der Waals surface area (Å²) in [6.07, 6.45) is 1.64. The van der Waals surface area contributed by atoms with E-state index in [1.165, 1.54) is 12.1 Å². The van der Waals surface area contributed by atoms with Crippen LogP contribution in [0, 0.1) is 5.82 Å². The monoisotopic (exact) mass is 320 g/mol. The lowest BCUT2D eigenvalue weighted by molar-refractivity contribution is -0.120. The Morgan fingerprint density at radius 2 is 1.90 bits per heavy atom. The zero-order chi connectivity index (χ0) is 14.5. The first-order valence-corrected chi connectivity index (χ1v) is 7.07. The molecule has 0 spiro atoms. The van der Waals surface area contributed by atoms with Gasteiger partial charge in [-0.2, -0.15) is 0 Å².